The first-order chi connectivity index (χ1) is 7.15. The molecule has 0 atom stereocenters. The van der Waals surface area contributed by atoms with E-state index in [0.29, 0.717) is 11.2 Å². The van der Waals surface area contributed by atoms with Gasteiger partial charge in [-0.1, -0.05) is 0 Å². The lowest BCUT2D eigenvalue weighted by Gasteiger charge is -1.99. The molecule has 0 radical (unpaired) electrons. The van der Waals surface area contributed by atoms with Crippen molar-refractivity contribution in [1.82, 2.24) is 9.38 Å². The summed E-state index contributed by atoms with van der Waals surface area (Å²) in [4.78, 5) is 14.7. The fourth-order valence-corrected chi connectivity index (χ4v) is 1.49. The number of nitrogens with two attached hydrogens (primary N) is 1. The molecule has 6 heteroatoms. The second-order valence-corrected chi connectivity index (χ2v) is 3.02. The van der Waals surface area contributed by atoms with E-state index in [1.54, 1.807) is 18.3 Å². The van der Waals surface area contributed by atoms with E-state index in [9.17, 15) is 4.79 Å². The third-order valence-electron chi connectivity index (χ3n) is 2.11. The number of carboxylic acid groups (broad SMARTS) is 1. The third-order valence-corrected chi connectivity index (χ3v) is 2.11. The van der Waals surface area contributed by atoms with Crippen molar-refractivity contribution < 1.29 is 15.0 Å². The summed E-state index contributed by atoms with van der Waals surface area (Å²) in [6.45, 7) is -0.335. The fraction of sp³-hybridized carbons (Fsp3) is 0.111. The number of nitrogens with zero attached hydrogens (tertiary/aromatic N) is 2. The Balaban J connectivity index is 2.88. The molecule has 78 valence electrons. The number of nitrogen functional groups attached to an aromatic ring is 1. The molecular formula is C9H9N3O3. The van der Waals surface area contributed by atoms with E-state index in [0.717, 1.165) is 0 Å². The molecule has 6 nitrogen and oxygen atoms in total. The SMILES string of the molecule is Nc1cccn2c(CO)nc(C(=O)O)c12. The largest absolute Gasteiger partial charge is 0.476 e. The smallest absolute Gasteiger partial charge is 0.356 e. The molecular weight excluding hydrogens is 198 g/mol. The van der Waals surface area contributed by atoms with Gasteiger partial charge in [-0.15, -0.1) is 0 Å². The number of aliphatic hydroxyl groups excluding tert-OH is 1. The van der Waals surface area contributed by atoms with E-state index in [-0.39, 0.29) is 18.1 Å². The Morgan fingerprint density at radius 2 is 2.33 bits per heavy atom. The van der Waals surface area contributed by atoms with Gasteiger partial charge in [0, 0.05) is 6.20 Å². The average molecular weight is 207 g/mol. The van der Waals surface area contributed by atoms with Crippen LogP contribution in [0.3, 0.4) is 0 Å². The van der Waals surface area contributed by atoms with Crippen LogP contribution in [-0.4, -0.2) is 25.6 Å². The minimum Gasteiger partial charge on any atom is -0.476 e. The first-order valence-electron chi connectivity index (χ1n) is 4.24. The van der Waals surface area contributed by atoms with E-state index >= 15 is 0 Å². The molecule has 2 heterocycles. The molecule has 0 aromatic carbocycles. The predicted octanol–water partition coefficient (Wildman–Crippen LogP) is 0.107. The van der Waals surface area contributed by atoms with Gasteiger partial charge in [-0.2, -0.15) is 0 Å². The average Bonchev–Trinajstić information content (AvgIpc) is 2.58. The van der Waals surface area contributed by atoms with Gasteiger partial charge in [0.05, 0.1) is 5.69 Å². The summed E-state index contributed by atoms with van der Waals surface area (Å²) >= 11 is 0. The minimum absolute atomic E-state index is 0.142. The molecule has 0 amide bonds. The Hall–Kier alpha value is -2.08. The lowest BCUT2D eigenvalue weighted by atomic mass is 10.3. The molecule has 0 bridgehead atoms. The fourth-order valence-electron chi connectivity index (χ4n) is 1.49. The highest BCUT2D eigenvalue weighted by atomic mass is 16.4. The molecule has 0 saturated heterocycles. The molecule has 2 aromatic heterocycles. The summed E-state index contributed by atoms with van der Waals surface area (Å²) in [5.41, 5.74) is 6.15. The van der Waals surface area contributed by atoms with E-state index in [1.807, 2.05) is 0 Å². The molecule has 0 aliphatic carbocycles. The van der Waals surface area contributed by atoms with Crippen molar-refractivity contribution in [2.75, 3.05) is 5.73 Å². The maximum atomic E-state index is 10.9. The van der Waals surface area contributed by atoms with E-state index in [2.05, 4.69) is 4.98 Å². The van der Waals surface area contributed by atoms with Crippen molar-refractivity contribution in [2.24, 2.45) is 0 Å². The highest BCUT2D eigenvalue weighted by Crippen LogP contribution is 2.19. The van der Waals surface area contributed by atoms with Crippen molar-refractivity contribution in [2.45, 2.75) is 6.61 Å². The zero-order valence-corrected chi connectivity index (χ0v) is 7.71. The minimum atomic E-state index is -1.16. The van der Waals surface area contributed by atoms with Gasteiger partial charge < -0.3 is 15.9 Å². The van der Waals surface area contributed by atoms with Crippen molar-refractivity contribution in [3.8, 4) is 0 Å². The van der Waals surface area contributed by atoms with Crippen molar-refractivity contribution in [1.29, 1.82) is 0 Å². The number of imidazole rings is 1. The first kappa shape index (κ1) is 9.47. The summed E-state index contributed by atoms with van der Waals surface area (Å²) in [7, 11) is 0. The molecule has 0 fully saturated rings. The number of carbonyl (C=O) groups is 1. The predicted molar refractivity (Wildman–Crippen MR) is 52.5 cm³/mol. The van der Waals surface area contributed by atoms with Crippen molar-refractivity contribution in [3.63, 3.8) is 0 Å². The van der Waals surface area contributed by atoms with Gasteiger partial charge in [-0.05, 0) is 12.1 Å². The quantitative estimate of drug-likeness (QED) is 0.648. The number of rotatable bonds is 2. The molecule has 0 aliphatic rings. The second kappa shape index (κ2) is 3.25. The van der Waals surface area contributed by atoms with Crippen molar-refractivity contribution in [3.05, 3.63) is 29.8 Å². The number of pyridine rings is 1. The molecule has 0 spiro atoms. The Labute approximate surface area is 84.6 Å². The molecule has 15 heavy (non-hydrogen) atoms. The van der Waals surface area contributed by atoms with Gasteiger partial charge in [-0.3, -0.25) is 4.40 Å². The van der Waals surface area contributed by atoms with Gasteiger partial charge in [0.1, 0.15) is 17.9 Å². The summed E-state index contributed by atoms with van der Waals surface area (Å²) in [6, 6.07) is 3.25. The molecule has 2 rings (SSSR count). The zero-order chi connectivity index (χ0) is 11.0. The van der Waals surface area contributed by atoms with Crippen LogP contribution in [0.2, 0.25) is 0 Å². The third kappa shape index (κ3) is 1.31. The topological polar surface area (TPSA) is 101 Å². The summed E-state index contributed by atoms with van der Waals surface area (Å²) in [6.07, 6.45) is 1.61. The monoisotopic (exact) mass is 207 g/mol. The van der Waals surface area contributed by atoms with Crippen LogP contribution in [0.4, 0.5) is 5.69 Å². The van der Waals surface area contributed by atoms with Crippen LogP contribution in [0.25, 0.3) is 5.52 Å². The number of anilines is 1. The van der Waals surface area contributed by atoms with Gasteiger partial charge in [0.25, 0.3) is 0 Å². The molecule has 0 saturated carbocycles. The van der Waals surface area contributed by atoms with Crippen LogP contribution in [0.15, 0.2) is 18.3 Å². The lowest BCUT2D eigenvalue weighted by Crippen LogP contribution is -2.00. The molecule has 0 aliphatic heterocycles. The Morgan fingerprint density at radius 1 is 1.60 bits per heavy atom. The number of aromatic carboxylic acids is 1. The normalized spacial score (nSPS) is 10.7. The number of fused-ring (bicyclic) bond motifs is 1. The molecule has 0 unspecified atom stereocenters. The number of carboxylic acids is 1. The lowest BCUT2D eigenvalue weighted by molar-refractivity contribution is 0.0693. The van der Waals surface area contributed by atoms with Crippen LogP contribution in [0.1, 0.15) is 16.3 Å². The maximum Gasteiger partial charge on any atom is 0.356 e. The summed E-state index contributed by atoms with van der Waals surface area (Å²) in [5, 5.41) is 17.9. The van der Waals surface area contributed by atoms with Gasteiger partial charge in [0.2, 0.25) is 0 Å². The number of hydrogen-bond donors (Lipinski definition) is 3. The number of aliphatic hydroxyl groups is 1. The van der Waals surface area contributed by atoms with E-state index < -0.39 is 5.97 Å². The van der Waals surface area contributed by atoms with E-state index in [4.69, 9.17) is 15.9 Å². The first-order valence-corrected chi connectivity index (χ1v) is 4.24. The zero-order valence-electron chi connectivity index (χ0n) is 7.71. The van der Waals surface area contributed by atoms with Crippen molar-refractivity contribution >= 4 is 17.2 Å². The summed E-state index contributed by atoms with van der Waals surface area (Å²) < 4.78 is 1.47. The Morgan fingerprint density at radius 3 is 2.93 bits per heavy atom. The standard InChI is InChI=1S/C9H9N3O3/c10-5-2-1-3-12-6(4-13)11-7(8(5)12)9(14)15/h1-3,13H,4,10H2,(H,14,15). The summed E-state index contributed by atoms with van der Waals surface area (Å²) in [5.74, 6) is -0.903. The van der Waals surface area contributed by atoms with Crippen LogP contribution < -0.4 is 5.73 Å². The van der Waals surface area contributed by atoms with Gasteiger partial charge in [0.15, 0.2) is 5.69 Å². The van der Waals surface area contributed by atoms with Gasteiger partial charge >= 0.3 is 5.97 Å². The highest BCUT2D eigenvalue weighted by molar-refractivity contribution is 5.97. The Kier molecular flexibility index (Phi) is 2.05. The highest BCUT2D eigenvalue weighted by Gasteiger charge is 2.17. The van der Waals surface area contributed by atoms with Crippen LogP contribution >= 0.6 is 0 Å². The Bertz CT molecular complexity index is 533. The number of aromatic nitrogens is 2. The van der Waals surface area contributed by atoms with E-state index in [1.165, 1.54) is 4.40 Å². The molecule has 2 aromatic rings. The second-order valence-electron chi connectivity index (χ2n) is 3.02. The molecule has 4 N–H and O–H groups in total. The number of hydrogen-bond acceptors (Lipinski definition) is 4. The van der Waals surface area contributed by atoms with Crippen LogP contribution in [0.5, 0.6) is 0 Å². The van der Waals surface area contributed by atoms with Gasteiger partial charge in [-0.25, -0.2) is 9.78 Å². The maximum absolute atomic E-state index is 10.9. The van der Waals surface area contributed by atoms with Crippen LogP contribution in [0, 0.1) is 0 Å². The van der Waals surface area contributed by atoms with Crippen LogP contribution in [-0.2, 0) is 6.61 Å².